The van der Waals surface area contributed by atoms with E-state index in [1.54, 1.807) is 24.4 Å². The number of nitro groups is 1. The van der Waals surface area contributed by atoms with Crippen molar-refractivity contribution in [2.45, 2.75) is 56.5 Å². The number of aromatic nitrogens is 2. The number of alkyl halides is 1. The summed E-state index contributed by atoms with van der Waals surface area (Å²) >= 11 is 6.23. The van der Waals surface area contributed by atoms with Gasteiger partial charge in [-0.15, -0.1) is 0 Å². The van der Waals surface area contributed by atoms with Crippen LogP contribution in [0.15, 0.2) is 95.7 Å². The number of pyridine rings is 1. The maximum Gasteiger partial charge on any atom is 0.293 e. The van der Waals surface area contributed by atoms with Gasteiger partial charge in [0.15, 0.2) is 0 Å². The van der Waals surface area contributed by atoms with E-state index >= 15 is 4.39 Å². The smallest absolute Gasteiger partial charge is 0.293 e. The molecule has 0 unspecified atom stereocenters. The van der Waals surface area contributed by atoms with E-state index in [2.05, 4.69) is 55.8 Å². The second kappa shape index (κ2) is 17.7. The van der Waals surface area contributed by atoms with E-state index in [1.165, 1.54) is 35.0 Å². The molecule has 3 aromatic carbocycles. The standard InChI is InChI=1S/C45H49ClFN7O7S/c1-44(2)13-11-32(38(26-44)30-3-5-33(46)6-4-30)28-52-17-19-53(20-18-52)34-7-9-37(41(24-34)61-35-23-31-12-16-48-42(31)49-27-35)43(55)51-62(58,59)36-8-10-39(40(25-36)54(56)57)50-29-45(47)14-21-60-22-15-45/h3-10,12,16,23-25,27,50H,11,13-15,17-22,26,28-29H2,1-2H3,(H,48,49)(H,51,55). The highest BCUT2D eigenvalue weighted by molar-refractivity contribution is 7.90. The Morgan fingerprint density at radius 1 is 1.02 bits per heavy atom. The predicted octanol–water partition coefficient (Wildman–Crippen LogP) is 8.75. The molecule has 3 N–H and O–H groups in total. The van der Waals surface area contributed by atoms with E-state index in [9.17, 15) is 23.3 Å². The molecule has 326 valence electrons. The molecule has 0 atom stereocenters. The van der Waals surface area contributed by atoms with Gasteiger partial charge in [0, 0.05) is 99.7 Å². The van der Waals surface area contributed by atoms with E-state index < -0.39 is 37.1 Å². The number of benzene rings is 3. The van der Waals surface area contributed by atoms with Gasteiger partial charge in [-0.25, -0.2) is 22.5 Å². The van der Waals surface area contributed by atoms with Crippen LogP contribution in [0.2, 0.25) is 5.02 Å². The molecular weight excluding hydrogens is 837 g/mol. The van der Waals surface area contributed by atoms with E-state index in [0.29, 0.717) is 24.5 Å². The summed E-state index contributed by atoms with van der Waals surface area (Å²) in [5, 5.41) is 16.3. The molecule has 1 aliphatic carbocycles. The number of carbonyl (C=O) groups excluding carboxylic acids is 1. The summed E-state index contributed by atoms with van der Waals surface area (Å²) in [4.78, 5) is 36.8. The van der Waals surface area contributed by atoms with Crippen LogP contribution in [0.5, 0.6) is 11.5 Å². The first kappa shape index (κ1) is 43.1. The first-order valence-corrected chi connectivity index (χ1v) is 22.6. The Balaban J connectivity index is 1.01. The number of sulfonamides is 1. The molecule has 62 heavy (non-hydrogen) atoms. The molecule has 0 radical (unpaired) electrons. The van der Waals surface area contributed by atoms with Crippen molar-refractivity contribution in [3.05, 3.63) is 117 Å². The summed E-state index contributed by atoms with van der Waals surface area (Å²) in [6.45, 7) is 8.77. The number of hydrogen-bond acceptors (Lipinski definition) is 11. The van der Waals surface area contributed by atoms with Gasteiger partial charge in [0.25, 0.3) is 21.6 Å². The lowest BCUT2D eigenvalue weighted by atomic mass is 9.72. The quantitative estimate of drug-likeness (QED) is 0.0763. The normalized spacial score (nSPS) is 18.1. The van der Waals surface area contributed by atoms with E-state index in [1.807, 2.05) is 18.2 Å². The maximum atomic E-state index is 15.2. The Kier molecular flexibility index (Phi) is 12.3. The average molecular weight is 886 g/mol. The Morgan fingerprint density at radius 3 is 2.52 bits per heavy atom. The topological polar surface area (TPSA) is 172 Å². The minimum atomic E-state index is -4.64. The Labute approximate surface area is 364 Å². The van der Waals surface area contributed by atoms with Crippen LogP contribution in [0.3, 0.4) is 0 Å². The first-order valence-electron chi connectivity index (χ1n) is 20.7. The number of fused-ring (bicyclic) bond motifs is 1. The molecule has 14 nitrogen and oxygen atoms in total. The van der Waals surface area contributed by atoms with Crippen LogP contribution < -0.4 is 19.7 Å². The molecule has 0 spiro atoms. The Morgan fingerprint density at radius 2 is 1.77 bits per heavy atom. The van der Waals surface area contributed by atoms with Crippen LogP contribution in [0, 0.1) is 15.5 Å². The number of amides is 1. The van der Waals surface area contributed by atoms with Crippen LogP contribution in [0.25, 0.3) is 16.6 Å². The third kappa shape index (κ3) is 9.88. The van der Waals surface area contributed by atoms with E-state index in [-0.39, 0.29) is 55.0 Å². The molecule has 0 bridgehead atoms. The van der Waals surface area contributed by atoms with Gasteiger partial charge in [0.2, 0.25) is 0 Å². The van der Waals surface area contributed by atoms with Crippen LogP contribution in [0.1, 0.15) is 61.9 Å². The fourth-order valence-electron chi connectivity index (χ4n) is 8.36. The number of nitro benzene ring substituents is 1. The SMILES string of the molecule is CC1(C)CCC(CN2CCN(c3ccc(C(=O)NS(=O)(=O)c4ccc(NCC5(F)CCOCC5)c([N+](=O)[O-])c4)c(Oc4cnc5[nH]ccc5c4)c3)CC2)=C(c2ccc(Cl)cc2)C1. The van der Waals surface area contributed by atoms with Crippen LogP contribution >= 0.6 is 11.6 Å². The molecule has 5 aromatic rings. The highest BCUT2D eigenvalue weighted by Gasteiger charge is 2.34. The minimum Gasteiger partial charge on any atom is -0.455 e. The summed E-state index contributed by atoms with van der Waals surface area (Å²) in [6, 6.07) is 19.9. The number of aromatic amines is 1. The third-order valence-corrected chi connectivity index (χ3v) is 13.6. The second-order valence-electron chi connectivity index (χ2n) is 17.0. The van der Waals surface area contributed by atoms with Crippen LogP contribution in [-0.2, 0) is 14.8 Å². The number of H-pyrrole nitrogens is 1. The van der Waals surface area contributed by atoms with E-state index in [0.717, 1.165) is 67.1 Å². The van der Waals surface area contributed by atoms with Crippen molar-refractivity contribution in [2.24, 2.45) is 5.41 Å². The maximum absolute atomic E-state index is 15.2. The number of piperazine rings is 1. The van der Waals surface area contributed by atoms with Gasteiger partial charge in [0.05, 0.1) is 21.6 Å². The number of allylic oxidation sites excluding steroid dienone is 1. The molecule has 0 saturated carbocycles. The molecule has 4 heterocycles. The fraction of sp³-hybridized carbons (Fsp3) is 0.378. The zero-order chi connectivity index (χ0) is 43.6. The van der Waals surface area contributed by atoms with Crippen LogP contribution in [0.4, 0.5) is 21.5 Å². The zero-order valence-corrected chi connectivity index (χ0v) is 36.2. The van der Waals surface area contributed by atoms with Gasteiger partial charge in [-0.05, 0) is 84.3 Å². The number of halogens is 2. The second-order valence-corrected chi connectivity index (χ2v) is 19.2. The van der Waals surface area contributed by atoms with Gasteiger partial charge in [-0.2, -0.15) is 0 Å². The number of ether oxygens (including phenoxy) is 2. The number of rotatable bonds is 13. The molecule has 2 saturated heterocycles. The number of anilines is 2. The zero-order valence-electron chi connectivity index (χ0n) is 34.6. The molecule has 2 aliphatic heterocycles. The van der Waals surface area contributed by atoms with Crippen molar-refractivity contribution < 1.29 is 32.0 Å². The summed E-state index contributed by atoms with van der Waals surface area (Å²) in [6.07, 6.45) is 6.65. The molecule has 17 heteroatoms. The Hall–Kier alpha value is -5.55. The lowest BCUT2D eigenvalue weighted by molar-refractivity contribution is -0.384. The minimum absolute atomic E-state index is 0.0540. The van der Waals surface area contributed by atoms with Crippen molar-refractivity contribution in [3.63, 3.8) is 0 Å². The number of carbonyl (C=O) groups is 1. The van der Waals surface area contributed by atoms with Crippen molar-refractivity contribution in [2.75, 3.05) is 62.7 Å². The molecular formula is C45H49ClFN7O7S. The number of nitrogens with one attached hydrogen (secondary N) is 3. The monoisotopic (exact) mass is 885 g/mol. The van der Waals surface area contributed by atoms with Gasteiger partial charge in [-0.3, -0.25) is 19.8 Å². The highest BCUT2D eigenvalue weighted by Crippen LogP contribution is 2.43. The fourth-order valence-corrected chi connectivity index (χ4v) is 9.47. The van der Waals surface area contributed by atoms with Crippen molar-refractivity contribution in [1.82, 2.24) is 19.6 Å². The average Bonchev–Trinajstić information content (AvgIpc) is 3.72. The van der Waals surface area contributed by atoms with Gasteiger partial charge >= 0.3 is 0 Å². The molecule has 2 aromatic heterocycles. The number of hydrogen-bond donors (Lipinski definition) is 3. The van der Waals surface area contributed by atoms with Crippen LogP contribution in [-0.4, -0.2) is 92.3 Å². The predicted molar refractivity (Wildman–Crippen MR) is 237 cm³/mol. The van der Waals surface area contributed by atoms with Gasteiger partial charge < -0.3 is 24.7 Å². The lowest BCUT2D eigenvalue weighted by Crippen LogP contribution is -2.47. The summed E-state index contributed by atoms with van der Waals surface area (Å²) in [5.41, 5.74) is 3.36. The van der Waals surface area contributed by atoms with Gasteiger partial charge in [0.1, 0.15) is 28.5 Å². The van der Waals surface area contributed by atoms with Crippen molar-refractivity contribution >= 4 is 61.2 Å². The molecule has 2 fully saturated rings. The summed E-state index contributed by atoms with van der Waals surface area (Å²) in [7, 11) is -4.64. The summed E-state index contributed by atoms with van der Waals surface area (Å²) < 4.78 is 56.1. The largest absolute Gasteiger partial charge is 0.455 e. The summed E-state index contributed by atoms with van der Waals surface area (Å²) in [5.74, 6) is -0.585. The molecule has 1 amide bonds. The Bertz CT molecular complexity index is 2620. The van der Waals surface area contributed by atoms with Crippen molar-refractivity contribution in [1.29, 1.82) is 0 Å². The third-order valence-electron chi connectivity index (χ3n) is 12.0. The van der Waals surface area contributed by atoms with Crippen molar-refractivity contribution in [3.8, 4) is 11.5 Å². The molecule has 3 aliphatic rings. The molecule has 8 rings (SSSR count). The highest BCUT2D eigenvalue weighted by atomic mass is 35.5. The first-order chi connectivity index (χ1) is 29.6. The number of nitrogens with zero attached hydrogens (tertiary/aromatic N) is 4. The van der Waals surface area contributed by atoms with E-state index in [4.69, 9.17) is 21.1 Å². The van der Waals surface area contributed by atoms with Gasteiger partial charge in [-0.1, -0.05) is 43.2 Å². The lowest BCUT2D eigenvalue weighted by Gasteiger charge is -2.39.